The number of fused-ring (bicyclic) bond motifs is 2. The molecule has 0 spiro atoms. The number of imidazole rings is 1. The van der Waals surface area contributed by atoms with Crippen LogP contribution in [0.3, 0.4) is 0 Å². The largest absolute Gasteiger partial charge is 0.382 e. The molecular weight excluding hydrogens is 480 g/mol. The number of nitrogens with two attached hydrogens (primary N) is 1. The normalized spacial score (nSPS) is 25.0. The lowest BCUT2D eigenvalue weighted by Crippen LogP contribution is -2.25. The summed E-state index contributed by atoms with van der Waals surface area (Å²) in [6.45, 7) is 3.77. The average Bonchev–Trinajstić information content (AvgIpc) is 3.69. The first kappa shape index (κ1) is 24.3. The molecule has 0 radical (unpaired) electrons. The Morgan fingerprint density at radius 3 is 2.79 bits per heavy atom. The number of nitrogens with zero attached hydrogens (tertiary/aromatic N) is 5. The molecule has 2 fully saturated rings. The van der Waals surface area contributed by atoms with Gasteiger partial charge in [0.1, 0.15) is 22.9 Å². The number of anilines is 1. The fourth-order valence-electron chi connectivity index (χ4n) is 6.73. The Labute approximate surface area is 230 Å². The Bertz CT molecular complexity index is 1600. The zero-order valence-electron chi connectivity index (χ0n) is 22.5. The van der Waals surface area contributed by atoms with E-state index in [4.69, 9.17) is 15.7 Å². The second kappa shape index (κ2) is 10.4. The number of pyridine rings is 1. The minimum absolute atomic E-state index is 0.443. The van der Waals surface area contributed by atoms with Crippen molar-refractivity contribution in [2.24, 2.45) is 5.92 Å². The highest BCUT2D eigenvalue weighted by Gasteiger charge is 2.32. The van der Waals surface area contributed by atoms with E-state index in [2.05, 4.69) is 75.0 Å². The lowest BCUT2D eigenvalue weighted by atomic mass is 10.0. The van der Waals surface area contributed by atoms with E-state index in [1.807, 2.05) is 6.20 Å². The second-order valence-electron chi connectivity index (χ2n) is 11.4. The van der Waals surface area contributed by atoms with Gasteiger partial charge in [-0.25, -0.2) is 15.0 Å². The second-order valence-corrected chi connectivity index (χ2v) is 11.4. The van der Waals surface area contributed by atoms with Crippen LogP contribution in [0, 0.1) is 5.92 Å². The van der Waals surface area contributed by atoms with E-state index >= 15 is 0 Å². The van der Waals surface area contributed by atoms with Gasteiger partial charge in [0.15, 0.2) is 0 Å². The van der Waals surface area contributed by atoms with Crippen LogP contribution in [0.4, 0.5) is 5.82 Å². The standard InChI is InChI=1S/C33H36N6/c34-32-31-30(26-13-12-25-14-15-28(36-29(25)21-26)24-8-4-2-1-3-5-9-24)37-33(39(31)19-16-35-32)27-11-10-23(20-27)22-38-17-6-7-18-38/h2-5,8,12-16,19,21,23,27H,1,6-7,9-11,17-18,20,22H2,(H2,34,35)/b4-2-,5-3-,24-8+. The zero-order valence-corrected chi connectivity index (χ0v) is 22.5. The SMILES string of the molecule is Nc1nccn2c(C3CCC(CN4CCCC4)C3)nc(-c3ccc4ccc(/C5=C/C=C\C/C=C\C5)nc4c3)c12. The number of allylic oxidation sites excluding steroid dienone is 6. The van der Waals surface area contributed by atoms with Gasteiger partial charge in [-0.2, -0.15) is 0 Å². The van der Waals surface area contributed by atoms with Crippen molar-refractivity contribution in [2.75, 3.05) is 25.4 Å². The zero-order chi connectivity index (χ0) is 26.2. The number of benzene rings is 1. The minimum atomic E-state index is 0.443. The summed E-state index contributed by atoms with van der Waals surface area (Å²) in [5.41, 5.74) is 12.5. The van der Waals surface area contributed by atoms with Gasteiger partial charge in [-0.1, -0.05) is 48.6 Å². The van der Waals surface area contributed by atoms with Gasteiger partial charge in [-0.3, -0.25) is 4.40 Å². The summed E-state index contributed by atoms with van der Waals surface area (Å²) in [6.07, 6.45) is 23.0. The van der Waals surface area contributed by atoms with E-state index in [9.17, 15) is 0 Å². The molecule has 1 aromatic carbocycles. The Morgan fingerprint density at radius 2 is 1.87 bits per heavy atom. The van der Waals surface area contributed by atoms with Gasteiger partial charge in [0.05, 0.1) is 11.2 Å². The maximum Gasteiger partial charge on any atom is 0.150 e. The highest BCUT2D eigenvalue weighted by Crippen LogP contribution is 2.41. The molecule has 1 saturated carbocycles. The van der Waals surface area contributed by atoms with Gasteiger partial charge in [0.2, 0.25) is 0 Å². The van der Waals surface area contributed by atoms with Gasteiger partial charge < -0.3 is 10.6 Å². The summed E-state index contributed by atoms with van der Waals surface area (Å²) in [5.74, 6) is 2.84. The van der Waals surface area contributed by atoms with Crippen LogP contribution in [0.25, 0.3) is 33.3 Å². The van der Waals surface area contributed by atoms with E-state index < -0.39 is 0 Å². The van der Waals surface area contributed by atoms with Gasteiger partial charge >= 0.3 is 0 Å². The Balaban J connectivity index is 1.25. The van der Waals surface area contributed by atoms with Gasteiger partial charge in [0.25, 0.3) is 0 Å². The lowest BCUT2D eigenvalue weighted by molar-refractivity contribution is 0.278. The molecule has 2 aliphatic carbocycles. The van der Waals surface area contributed by atoms with Crippen LogP contribution >= 0.6 is 0 Å². The summed E-state index contributed by atoms with van der Waals surface area (Å²) in [5, 5.41) is 1.12. The molecule has 0 amide bonds. The van der Waals surface area contributed by atoms with Crippen molar-refractivity contribution in [1.29, 1.82) is 0 Å². The van der Waals surface area contributed by atoms with E-state index in [0.717, 1.165) is 58.0 Å². The van der Waals surface area contributed by atoms with Crippen molar-refractivity contribution in [3.8, 4) is 11.3 Å². The first-order valence-electron chi connectivity index (χ1n) is 14.5. The van der Waals surface area contributed by atoms with Crippen molar-refractivity contribution < 1.29 is 0 Å². The van der Waals surface area contributed by atoms with Crippen LogP contribution in [0.5, 0.6) is 0 Å². The number of aromatic nitrogens is 4. The van der Waals surface area contributed by atoms with Crippen LogP contribution in [0.2, 0.25) is 0 Å². The molecule has 2 unspecified atom stereocenters. The first-order valence-corrected chi connectivity index (χ1v) is 14.5. The summed E-state index contributed by atoms with van der Waals surface area (Å²) < 4.78 is 2.20. The summed E-state index contributed by atoms with van der Waals surface area (Å²) in [4.78, 5) is 17.5. The fraction of sp³-hybridized carbons (Fsp3) is 0.364. The third-order valence-electron chi connectivity index (χ3n) is 8.74. The predicted molar refractivity (Wildman–Crippen MR) is 159 cm³/mol. The molecule has 198 valence electrons. The van der Waals surface area contributed by atoms with Crippen LogP contribution in [0.15, 0.2) is 73.1 Å². The van der Waals surface area contributed by atoms with Gasteiger partial charge in [0, 0.05) is 35.8 Å². The Hall–Kier alpha value is -3.77. The Morgan fingerprint density at radius 1 is 0.974 bits per heavy atom. The maximum absolute atomic E-state index is 6.49. The molecule has 39 heavy (non-hydrogen) atoms. The number of likely N-dealkylation sites (tertiary alicyclic amines) is 1. The molecule has 3 aromatic heterocycles. The molecule has 6 heteroatoms. The van der Waals surface area contributed by atoms with E-state index in [1.165, 1.54) is 57.3 Å². The molecule has 2 N–H and O–H groups in total. The molecule has 0 bridgehead atoms. The molecule has 4 heterocycles. The highest BCUT2D eigenvalue weighted by molar-refractivity contribution is 5.91. The van der Waals surface area contributed by atoms with Crippen molar-refractivity contribution >= 4 is 27.8 Å². The van der Waals surface area contributed by atoms with Crippen molar-refractivity contribution in [2.45, 2.75) is 50.9 Å². The predicted octanol–water partition coefficient (Wildman–Crippen LogP) is 6.80. The van der Waals surface area contributed by atoms with Crippen molar-refractivity contribution in [3.05, 3.63) is 84.6 Å². The first-order chi connectivity index (χ1) is 19.2. The van der Waals surface area contributed by atoms with Gasteiger partial charge in [-0.05, 0) is 81.7 Å². The maximum atomic E-state index is 6.49. The van der Waals surface area contributed by atoms with Crippen molar-refractivity contribution in [3.63, 3.8) is 0 Å². The van der Waals surface area contributed by atoms with Crippen LogP contribution in [0.1, 0.15) is 62.4 Å². The van der Waals surface area contributed by atoms with Crippen molar-refractivity contribution in [1.82, 2.24) is 24.3 Å². The average molecular weight is 517 g/mol. The quantitative estimate of drug-likeness (QED) is 0.296. The summed E-state index contributed by atoms with van der Waals surface area (Å²) >= 11 is 0. The molecule has 1 saturated heterocycles. The minimum Gasteiger partial charge on any atom is -0.382 e. The van der Waals surface area contributed by atoms with Crippen LogP contribution < -0.4 is 5.73 Å². The fourth-order valence-corrected chi connectivity index (χ4v) is 6.73. The lowest BCUT2D eigenvalue weighted by Gasteiger charge is -2.19. The number of hydrogen-bond donors (Lipinski definition) is 1. The molecule has 2 atom stereocenters. The molecular formula is C33H36N6. The molecule has 4 aromatic rings. The third kappa shape index (κ3) is 4.78. The molecule has 3 aliphatic rings. The molecule has 7 rings (SSSR count). The summed E-state index contributed by atoms with van der Waals surface area (Å²) in [7, 11) is 0. The van der Waals surface area contributed by atoms with Crippen LogP contribution in [-0.2, 0) is 0 Å². The molecule has 6 nitrogen and oxygen atoms in total. The Kier molecular flexibility index (Phi) is 6.49. The van der Waals surface area contributed by atoms with E-state index in [1.54, 1.807) is 6.20 Å². The highest BCUT2D eigenvalue weighted by atomic mass is 15.1. The monoisotopic (exact) mass is 516 g/mol. The smallest absolute Gasteiger partial charge is 0.150 e. The molecule has 1 aliphatic heterocycles. The van der Waals surface area contributed by atoms with Gasteiger partial charge in [-0.15, -0.1) is 0 Å². The third-order valence-corrected chi connectivity index (χ3v) is 8.74. The van der Waals surface area contributed by atoms with E-state index in [0.29, 0.717) is 11.7 Å². The topological polar surface area (TPSA) is 72.3 Å². The number of hydrogen-bond acceptors (Lipinski definition) is 5. The number of rotatable bonds is 5. The number of nitrogen functional groups attached to an aromatic ring is 1. The van der Waals surface area contributed by atoms with E-state index in [-0.39, 0.29) is 0 Å². The van der Waals surface area contributed by atoms with Crippen LogP contribution in [-0.4, -0.2) is 43.9 Å². The summed E-state index contributed by atoms with van der Waals surface area (Å²) in [6, 6.07) is 10.7.